The lowest BCUT2D eigenvalue weighted by molar-refractivity contribution is 0.413. The topological polar surface area (TPSA) is 44.6 Å². The Kier molecular flexibility index (Phi) is 4.38. The van der Waals surface area contributed by atoms with Crippen molar-refractivity contribution < 1.29 is 5.11 Å². The summed E-state index contributed by atoms with van der Waals surface area (Å²) >= 11 is 1.67. The monoisotopic (exact) mass is 348 g/mol. The number of benzene rings is 2. The van der Waals surface area contributed by atoms with E-state index < -0.39 is 0 Å². The zero-order chi connectivity index (χ0) is 17.2. The van der Waals surface area contributed by atoms with Gasteiger partial charge in [-0.25, -0.2) is 0 Å². The van der Waals surface area contributed by atoms with Crippen molar-refractivity contribution in [1.82, 2.24) is 5.32 Å². The summed E-state index contributed by atoms with van der Waals surface area (Å²) < 4.78 is 0. The second-order valence-corrected chi connectivity index (χ2v) is 7.16. The summed E-state index contributed by atoms with van der Waals surface area (Å²) in [5.41, 5.74) is 5.54. The Bertz CT molecular complexity index is 885. The summed E-state index contributed by atoms with van der Waals surface area (Å²) in [4.78, 5) is 4.96. The molecule has 1 aliphatic heterocycles. The third-order valence-corrected chi connectivity index (χ3v) is 5.30. The third kappa shape index (κ3) is 3.36. The number of phenols is 1. The van der Waals surface area contributed by atoms with Crippen molar-refractivity contribution in [3.63, 3.8) is 0 Å². The Morgan fingerprint density at radius 3 is 2.60 bits per heavy atom. The van der Waals surface area contributed by atoms with Crippen molar-refractivity contribution in [2.45, 2.75) is 25.6 Å². The number of phenolic OH excluding ortho intramolecular Hbond substituents is 1. The van der Waals surface area contributed by atoms with Gasteiger partial charge in [-0.15, -0.1) is 0 Å². The largest absolute Gasteiger partial charge is 0.508 e. The highest BCUT2D eigenvalue weighted by Gasteiger charge is 2.27. The van der Waals surface area contributed by atoms with E-state index in [9.17, 15) is 5.11 Å². The maximum Gasteiger partial charge on any atom is 0.127 e. The van der Waals surface area contributed by atoms with E-state index in [1.165, 1.54) is 5.56 Å². The van der Waals surface area contributed by atoms with Crippen molar-refractivity contribution in [3.8, 4) is 5.75 Å². The van der Waals surface area contributed by atoms with Gasteiger partial charge in [-0.1, -0.05) is 48.0 Å². The van der Waals surface area contributed by atoms with Crippen LogP contribution in [0.4, 0.5) is 0 Å². The summed E-state index contributed by atoms with van der Waals surface area (Å²) in [6, 6.07) is 18.2. The lowest BCUT2D eigenvalue weighted by atomic mass is 9.93. The number of nitrogens with zero attached hydrogens (tertiary/aromatic N) is 1. The SMILES string of the molecule is Cc1ccc(C2=NC(c3ccsc3)NC(c3ccccc3O)C2)cc1. The van der Waals surface area contributed by atoms with Gasteiger partial charge in [0.05, 0.1) is 0 Å². The number of aryl methyl sites for hydroxylation is 1. The van der Waals surface area contributed by atoms with Gasteiger partial charge >= 0.3 is 0 Å². The molecule has 126 valence electrons. The first kappa shape index (κ1) is 16.1. The van der Waals surface area contributed by atoms with Crippen LogP contribution in [0.25, 0.3) is 0 Å². The third-order valence-electron chi connectivity index (χ3n) is 4.60. The average Bonchev–Trinajstić information content (AvgIpc) is 3.17. The first-order valence-corrected chi connectivity index (χ1v) is 9.35. The van der Waals surface area contributed by atoms with Crippen LogP contribution in [0.1, 0.15) is 40.9 Å². The van der Waals surface area contributed by atoms with Crippen LogP contribution in [0.2, 0.25) is 0 Å². The van der Waals surface area contributed by atoms with Gasteiger partial charge in [-0.05, 0) is 35.4 Å². The van der Waals surface area contributed by atoms with E-state index >= 15 is 0 Å². The number of aliphatic imine (C=N–C) groups is 1. The van der Waals surface area contributed by atoms with E-state index in [4.69, 9.17) is 4.99 Å². The minimum atomic E-state index is -0.0964. The molecule has 2 unspecified atom stereocenters. The molecule has 25 heavy (non-hydrogen) atoms. The molecule has 0 spiro atoms. The van der Waals surface area contributed by atoms with Crippen LogP contribution >= 0.6 is 11.3 Å². The molecule has 0 fully saturated rings. The first-order valence-electron chi connectivity index (χ1n) is 8.40. The molecule has 3 aromatic rings. The van der Waals surface area contributed by atoms with E-state index in [2.05, 4.69) is 53.3 Å². The van der Waals surface area contributed by atoms with Crippen LogP contribution in [0.3, 0.4) is 0 Å². The maximum absolute atomic E-state index is 10.3. The fraction of sp³-hybridized carbons (Fsp3) is 0.190. The summed E-state index contributed by atoms with van der Waals surface area (Å²) in [5, 5.41) is 18.1. The standard InChI is InChI=1S/C21H20N2OS/c1-14-6-8-15(9-7-14)18-12-19(17-4-2-3-5-20(17)24)23-21(22-18)16-10-11-25-13-16/h2-11,13,19,21,23-24H,12H2,1H3. The number of para-hydroxylation sites is 1. The van der Waals surface area contributed by atoms with Crippen LogP contribution in [-0.2, 0) is 0 Å². The van der Waals surface area contributed by atoms with Gasteiger partial charge in [-0.2, -0.15) is 11.3 Å². The number of nitrogens with one attached hydrogen (secondary N) is 1. The van der Waals surface area contributed by atoms with E-state index in [1.807, 2.05) is 18.2 Å². The normalized spacial score (nSPS) is 20.3. The van der Waals surface area contributed by atoms with Crippen molar-refractivity contribution in [3.05, 3.63) is 87.6 Å². The van der Waals surface area contributed by atoms with E-state index in [-0.39, 0.29) is 12.2 Å². The molecule has 1 aromatic heterocycles. The van der Waals surface area contributed by atoms with Crippen molar-refractivity contribution >= 4 is 17.0 Å². The van der Waals surface area contributed by atoms with Gasteiger partial charge in [0, 0.05) is 29.3 Å². The highest BCUT2D eigenvalue weighted by molar-refractivity contribution is 7.07. The molecule has 0 saturated heterocycles. The fourth-order valence-electron chi connectivity index (χ4n) is 3.21. The summed E-state index contributed by atoms with van der Waals surface area (Å²) in [5.74, 6) is 0.328. The van der Waals surface area contributed by atoms with E-state index in [1.54, 1.807) is 17.4 Å². The molecule has 0 amide bonds. The molecular weight excluding hydrogens is 328 g/mol. The number of hydrogen-bond donors (Lipinski definition) is 2. The molecule has 2 aromatic carbocycles. The van der Waals surface area contributed by atoms with Crippen LogP contribution < -0.4 is 5.32 Å². The smallest absolute Gasteiger partial charge is 0.127 e. The Morgan fingerprint density at radius 2 is 1.88 bits per heavy atom. The van der Waals surface area contributed by atoms with Gasteiger partial charge in [0.25, 0.3) is 0 Å². The Balaban J connectivity index is 1.74. The van der Waals surface area contributed by atoms with Crippen LogP contribution in [0, 0.1) is 6.92 Å². The zero-order valence-electron chi connectivity index (χ0n) is 14.0. The summed E-state index contributed by atoms with van der Waals surface area (Å²) in [6.07, 6.45) is 0.655. The Hall–Kier alpha value is -2.43. The van der Waals surface area contributed by atoms with E-state index in [0.29, 0.717) is 5.75 Å². The molecule has 0 saturated carbocycles. The molecule has 1 aliphatic rings. The average molecular weight is 348 g/mol. The molecule has 0 radical (unpaired) electrons. The Morgan fingerprint density at radius 1 is 1.08 bits per heavy atom. The highest BCUT2D eigenvalue weighted by Crippen LogP contribution is 2.34. The van der Waals surface area contributed by atoms with Crippen LogP contribution in [0.5, 0.6) is 5.75 Å². The summed E-state index contributed by atoms with van der Waals surface area (Å²) in [7, 11) is 0. The van der Waals surface area contributed by atoms with E-state index in [0.717, 1.165) is 28.8 Å². The predicted octanol–water partition coefficient (Wildman–Crippen LogP) is 4.98. The molecule has 4 rings (SSSR count). The van der Waals surface area contributed by atoms with Gasteiger partial charge in [0.15, 0.2) is 0 Å². The second-order valence-electron chi connectivity index (χ2n) is 6.38. The molecule has 4 heteroatoms. The lowest BCUT2D eigenvalue weighted by Gasteiger charge is -2.30. The minimum absolute atomic E-state index is 0.0277. The fourth-order valence-corrected chi connectivity index (χ4v) is 3.89. The predicted molar refractivity (Wildman–Crippen MR) is 103 cm³/mol. The van der Waals surface area contributed by atoms with Crippen LogP contribution in [-0.4, -0.2) is 10.8 Å². The van der Waals surface area contributed by atoms with Gasteiger partial charge in [0.1, 0.15) is 11.9 Å². The molecule has 2 N–H and O–H groups in total. The van der Waals surface area contributed by atoms with Crippen molar-refractivity contribution in [2.75, 3.05) is 0 Å². The highest BCUT2D eigenvalue weighted by atomic mass is 32.1. The summed E-state index contributed by atoms with van der Waals surface area (Å²) in [6.45, 7) is 2.09. The lowest BCUT2D eigenvalue weighted by Crippen LogP contribution is -2.32. The van der Waals surface area contributed by atoms with Crippen molar-refractivity contribution in [2.24, 2.45) is 4.99 Å². The molecule has 0 aliphatic carbocycles. The number of rotatable bonds is 3. The molecular formula is C21H20N2OS. The first-order chi connectivity index (χ1) is 12.2. The minimum Gasteiger partial charge on any atom is -0.508 e. The van der Waals surface area contributed by atoms with Gasteiger partial charge in [-0.3, -0.25) is 10.3 Å². The molecule has 0 bridgehead atoms. The van der Waals surface area contributed by atoms with Crippen LogP contribution in [0.15, 0.2) is 70.3 Å². The molecule has 2 atom stereocenters. The molecule has 2 heterocycles. The van der Waals surface area contributed by atoms with Gasteiger partial charge in [0.2, 0.25) is 0 Å². The Labute approximate surface area is 151 Å². The van der Waals surface area contributed by atoms with Gasteiger partial charge < -0.3 is 5.11 Å². The number of thiophene rings is 1. The quantitative estimate of drug-likeness (QED) is 0.701. The maximum atomic E-state index is 10.3. The zero-order valence-corrected chi connectivity index (χ0v) is 14.8. The second kappa shape index (κ2) is 6.82. The molecule has 3 nitrogen and oxygen atoms in total. The van der Waals surface area contributed by atoms with Crippen molar-refractivity contribution in [1.29, 1.82) is 0 Å². The number of aromatic hydroxyl groups is 1. The number of hydrogen-bond acceptors (Lipinski definition) is 4.